The van der Waals surface area contributed by atoms with Crippen LogP contribution in [0.25, 0.3) is 11.1 Å². The second kappa shape index (κ2) is 11.7. The number of rotatable bonds is 6. The van der Waals surface area contributed by atoms with Crippen LogP contribution in [-0.4, -0.2) is 5.16 Å². The van der Waals surface area contributed by atoms with E-state index in [2.05, 4.69) is 65.4 Å². The summed E-state index contributed by atoms with van der Waals surface area (Å²) in [4.78, 5) is 3.93. The molecule has 0 radical (unpaired) electrons. The van der Waals surface area contributed by atoms with E-state index in [1.807, 2.05) is 12.1 Å². The highest BCUT2D eigenvalue weighted by atomic mass is 35.5. The summed E-state index contributed by atoms with van der Waals surface area (Å²) in [6.45, 7) is 2.27. The smallest absolute Gasteiger partial charge is 0.111 e. The molecule has 0 bridgehead atoms. The Hall–Kier alpha value is -1.62. The second-order valence-electron chi connectivity index (χ2n) is 8.05. The van der Waals surface area contributed by atoms with Gasteiger partial charge in [-0.25, -0.2) is 0 Å². The van der Waals surface area contributed by atoms with E-state index in [1.165, 1.54) is 51.4 Å². The topological polar surface area (TPSA) is 12.4 Å². The van der Waals surface area contributed by atoms with Crippen LogP contribution in [0.1, 0.15) is 63.9 Å². The normalized spacial score (nSPS) is 18.2. The van der Waals surface area contributed by atoms with Crippen LogP contribution in [-0.2, 0) is 0 Å². The van der Waals surface area contributed by atoms with Gasteiger partial charge in [-0.2, -0.15) is 4.99 Å². The third kappa shape index (κ3) is 6.44. The average Bonchev–Trinajstić information content (AvgIpc) is 2.76. The van der Waals surface area contributed by atoms with Gasteiger partial charge in [0.15, 0.2) is 0 Å². The molecule has 1 nitrogen and oxygen atoms in total. The van der Waals surface area contributed by atoms with Crippen LogP contribution in [0.5, 0.6) is 0 Å². The number of unbranched alkanes of at least 4 members (excludes halogenated alkanes) is 2. The minimum Gasteiger partial charge on any atom is -0.192 e. The van der Waals surface area contributed by atoms with Crippen molar-refractivity contribution in [3.63, 3.8) is 0 Å². The summed E-state index contributed by atoms with van der Waals surface area (Å²) < 4.78 is 0. The highest BCUT2D eigenvalue weighted by molar-refractivity contribution is 7.78. The van der Waals surface area contributed by atoms with Crippen LogP contribution in [0.3, 0.4) is 0 Å². The Kier molecular flexibility index (Phi) is 8.98. The summed E-state index contributed by atoms with van der Waals surface area (Å²) in [5, 5.41) is 3.24. The molecule has 0 aliphatic heterocycles. The van der Waals surface area contributed by atoms with Crippen LogP contribution in [0.2, 0.25) is 10.0 Å². The number of hydrogen-bond donors (Lipinski definition) is 0. The highest BCUT2D eigenvalue weighted by Gasteiger charge is 2.19. The Morgan fingerprint density at radius 1 is 0.967 bits per heavy atom. The van der Waals surface area contributed by atoms with Gasteiger partial charge < -0.3 is 0 Å². The molecule has 3 rings (SSSR count). The molecule has 1 fully saturated rings. The van der Waals surface area contributed by atoms with E-state index in [0.29, 0.717) is 21.7 Å². The van der Waals surface area contributed by atoms with E-state index in [1.54, 1.807) is 0 Å². The van der Waals surface area contributed by atoms with Gasteiger partial charge in [-0.1, -0.05) is 79.8 Å². The predicted molar refractivity (Wildman–Crippen MR) is 133 cm³/mol. The number of aliphatic imine (C=N–C) groups is 1. The van der Waals surface area contributed by atoms with Gasteiger partial charge in [-0.05, 0) is 79.2 Å². The summed E-state index contributed by atoms with van der Waals surface area (Å²) in [6, 6.07) is 11.9. The Balaban J connectivity index is 1.61. The third-order valence-electron chi connectivity index (χ3n) is 5.88. The molecule has 1 saturated carbocycles. The molecule has 4 heteroatoms. The van der Waals surface area contributed by atoms with E-state index in [4.69, 9.17) is 23.2 Å². The number of benzene rings is 2. The Morgan fingerprint density at radius 2 is 1.63 bits per heavy atom. The van der Waals surface area contributed by atoms with Crippen molar-refractivity contribution in [2.75, 3.05) is 0 Å². The number of isothiocyanates is 1. The maximum Gasteiger partial charge on any atom is 0.111 e. The van der Waals surface area contributed by atoms with Crippen molar-refractivity contribution in [2.45, 2.75) is 58.3 Å². The molecule has 0 spiro atoms. The van der Waals surface area contributed by atoms with E-state index in [0.717, 1.165) is 22.6 Å². The molecular weight excluding hydrogens is 429 g/mol. The van der Waals surface area contributed by atoms with Gasteiger partial charge in [-0.15, -0.1) is 0 Å². The number of halogens is 2. The molecular formula is C26H27Cl2NS. The van der Waals surface area contributed by atoms with Gasteiger partial charge in [0.2, 0.25) is 0 Å². The Labute approximate surface area is 195 Å². The lowest BCUT2D eigenvalue weighted by Crippen LogP contribution is -2.13. The van der Waals surface area contributed by atoms with Crippen LogP contribution < -0.4 is 0 Å². The first-order valence-corrected chi connectivity index (χ1v) is 12.0. The first-order valence-electron chi connectivity index (χ1n) is 10.8. The fourth-order valence-corrected chi connectivity index (χ4v) is 4.76. The lowest BCUT2D eigenvalue weighted by atomic mass is 9.80. The largest absolute Gasteiger partial charge is 0.192 e. The molecule has 156 valence electrons. The molecule has 2 aromatic rings. The summed E-state index contributed by atoms with van der Waals surface area (Å²) in [5.41, 5.74) is 3.48. The molecule has 0 heterocycles. The molecule has 0 amide bonds. The average molecular weight is 456 g/mol. The number of nitrogens with zero attached hydrogens (tertiary/aromatic N) is 1. The lowest BCUT2D eigenvalue weighted by Gasteiger charge is -2.25. The van der Waals surface area contributed by atoms with Crippen molar-refractivity contribution >= 4 is 46.3 Å². The maximum atomic E-state index is 6.29. The van der Waals surface area contributed by atoms with Crippen LogP contribution in [0.15, 0.2) is 41.4 Å². The second-order valence-corrected chi connectivity index (χ2v) is 9.05. The molecule has 1 aliphatic carbocycles. The highest BCUT2D eigenvalue weighted by Crippen LogP contribution is 2.37. The van der Waals surface area contributed by atoms with Gasteiger partial charge in [-0.3, -0.25) is 0 Å². The maximum absolute atomic E-state index is 6.29. The van der Waals surface area contributed by atoms with Crippen molar-refractivity contribution < 1.29 is 0 Å². The van der Waals surface area contributed by atoms with Gasteiger partial charge in [0.25, 0.3) is 0 Å². The molecule has 0 N–H and O–H groups in total. The summed E-state index contributed by atoms with van der Waals surface area (Å²) in [7, 11) is 0. The monoisotopic (exact) mass is 455 g/mol. The van der Waals surface area contributed by atoms with E-state index < -0.39 is 0 Å². The fraction of sp³-hybridized carbons (Fsp3) is 0.423. The first kappa shape index (κ1) is 23.1. The predicted octanol–water partition coefficient (Wildman–Crippen LogP) is 9.13. The molecule has 2 aromatic carbocycles. The third-order valence-corrected chi connectivity index (χ3v) is 6.54. The Morgan fingerprint density at radius 3 is 2.23 bits per heavy atom. The summed E-state index contributed by atoms with van der Waals surface area (Å²) >= 11 is 17.2. The van der Waals surface area contributed by atoms with E-state index >= 15 is 0 Å². The molecule has 0 aromatic heterocycles. The summed E-state index contributed by atoms with van der Waals surface area (Å²) in [6.07, 6.45) is 10.7. The van der Waals surface area contributed by atoms with Crippen LogP contribution >= 0.6 is 35.4 Å². The van der Waals surface area contributed by atoms with Crippen molar-refractivity contribution in [1.29, 1.82) is 0 Å². The van der Waals surface area contributed by atoms with Crippen LogP contribution in [0, 0.1) is 23.7 Å². The zero-order chi connectivity index (χ0) is 21.3. The Bertz CT molecular complexity index is 934. The van der Waals surface area contributed by atoms with Gasteiger partial charge in [0, 0.05) is 11.5 Å². The van der Waals surface area contributed by atoms with Gasteiger partial charge in [0.1, 0.15) is 5.69 Å². The van der Waals surface area contributed by atoms with Gasteiger partial charge >= 0.3 is 0 Å². The minimum atomic E-state index is 0.458. The van der Waals surface area contributed by atoms with Crippen molar-refractivity contribution in [3.05, 3.63) is 52.0 Å². The molecule has 30 heavy (non-hydrogen) atoms. The van der Waals surface area contributed by atoms with Crippen molar-refractivity contribution in [2.24, 2.45) is 16.8 Å². The molecule has 0 atom stereocenters. The quantitative estimate of drug-likeness (QED) is 0.183. The van der Waals surface area contributed by atoms with Gasteiger partial charge in [0.05, 0.1) is 15.2 Å². The molecule has 1 aliphatic rings. The minimum absolute atomic E-state index is 0.458. The zero-order valence-corrected chi connectivity index (χ0v) is 19.7. The fourth-order valence-electron chi connectivity index (χ4n) is 4.09. The van der Waals surface area contributed by atoms with E-state index in [9.17, 15) is 0 Å². The van der Waals surface area contributed by atoms with Crippen molar-refractivity contribution in [3.8, 4) is 23.0 Å². The first-order chi connectivity index (χ1) is 14.6. The van der Waals surface area contributed by atoms with E-state index in [-0.39, 0.29) is 0 Å². The standard InChI is InChI=1S/C26H27Cl2NS/c1-2-3-4-5-19-6-8-20(9-7-19)10-11-21-12-14-22(15-13-21)23-16-24(27)26(29-18-30)25(28)17-23/h12-17,19-20H,2-9H2,1H3. The summed E-state index contributed by atoms with van der Waals surface area (Å²) in [5.74, 6) is 8.34. The SMILES string of the molecule is CCCCCC1CCC(C#Cc2ccc(-c3cc(Cl)c(N=C=S)c(Cl)c3)cc2)CC1. The number of thiocarbonyl (C=S) groups is 1. The molecule has 0 unspecified atom stereocenters. The van der Waals surface area contributed by atoms with Crippen molar-refractivity contribution in [1.82, 2.24) is 0 Å². The van der Waals surface area contributed by atoms with Crippen LogP contribution in [0.4, 0.5) is 5.69 Å². The zero-order valence-electron chi connectivity index (χ0n) is 17.4. The number of hydrogen-bond acceptors (Lipinski definition) is 2. The molecule has 0 saturated heterocycles. The lowest BCUT2D eigenvalue weighted by molar-refractivity contribution is 0.294.